The van der Waals surface area contributed by atoms with Gasteiger partial charge in [-0.05, 0) is 18.8 Å². The standard InChI is InChI=1S/C39H80O4S.K/c1-3-5-7-9-11-13-15-17-19-21-23-25-27-29-31-33-35-37-39(38-43-44(40,41)42)36-34-32-30-28-26-24-22-20-18-16-14-12-10-8-6-4-2;/h39H,3-38H2,1-2H3,(H,40,41,42);/q;+1/p-1. The Balaban J connectivity index is 0. The van der Waals surface area contributed by atoms with Crippen LogP contribution in [0.3, 0.4) is 0 Å². The van der Waals surface area contributed by atoms with Crippen LogP contribution in [-0.2, 0) is 14.6 Å². The third-order valence-electron chi connectivity index (χ3n) is 9.63. The van der Waals surface area contributed by atoms with E-state index in [1.165, 1.54) is 199 Å². The second-order valence-electron chi connectivity index (χ2n) is 14.1. The van der Waals surface area contributed by atoms with Gasteiger partial charge in [0.2, 0.25) is 10.4 Å². The molecule has 0 aromatic carbocycles. The van der Waals surface area contributed by atoms with Gasteiger partial charge >= 0.3 is 51.4 Å². The molecular formula is C39H79KO4S. The summed E-state index contributed by atoms with van der Waals surface area (Å²) in [5, 5.41) is 0. The zero-order chi connectivity index (χ0) is 32.2. The van der Waals surface area contributed by atoms with E-state index in [1.54, 1.807) is 0 Å². The molecule has 0 rings (SSSR count). The van der Waals surface area contributed by atoms with E-state index < -0.39 is 10.4 Å². The molecule has 0 radical (unpaired) electrons. The number of rotatable bonds is 38. The van der Waals surface area contributed by atoms with Gasteiger partial charge in [-0.1, -0.05) is 226 Å². The Bertz CT molecular complexity index is 643. The van der Waals surface area contributed by atoms with Gasteiger partial charge in [0.15, 0.2) is 0 Å². The molecule has 0 saturated carbocycles. The smallest absolute Gasteiger partial charge is 0.726 e. The molecule has 0 aliphatic carbocycles. The largest absolute Gasteiger partial charge is 1.00 e. The summed E-state index contributed by atoms with van der Waals surface area (Å²) in [6.07, 6.45) is 46.8. The molecular weight excluding hydrogens is 604 g/mol. The summed E-state index contributed by atoms with van der Waals surface area (Å²) in [6, 6.07) is 0. The van der Waals surface area contributed by atoms with E-state index in [1.807, 2.05) is 0 Å². The Morgan fingerprint density at radius 2 is 0.600 bits per heavy atom. The van der Waals surface area contributed by atoms with E-state index in [0.29, 0.717) is 0 Å². The normalized spacial score (nSPS) is 12.4. The van der Waals surface area contributed by atoms with Crippen LogP contribution < -0.4 is 51.4 Å². The molecule has 266 valence electrons. The van der Waals surface area contributed by atoms with Crippen molar-refractivity contribution in [3.63, 3.8) is 0 Å². The summed E-state index contributed by atoms with van der Waals surface area (Å²) in [6.45, 7) is 4.64. The van der Waals surface area contributed by atoms with E-state index in [4.69, 9.17) is 0 Å². The molecule has 0 amide bonds. The maximum Gasteiger partial charge on any atom is 1.00 e. The van der Waals surface area contributed by atoms with Crippen molar-refractivity contribution in [2.24, 2.45) is 5.92 Å². The minimum atomic E-state index is -4.59. The average molecular weight is 683 g/mol. The Labute approximate surface area is 326 Å². The second kappa shape index (κ2) is 39.9. The van der Waals surface area contributed by atoms with Crippen LogP contribution in [0.15, 0.2) is 0 Å². The van der Waals surface area contributed by atoms with Crippen LogP contribution in [0, 0.1) is 5.92 Å². The molecule has 0 aliphatic rings. The Morgan fingerprint density at radius 3 is 0.800 bits per heavy atom. The van der Waals surface area contributed by atoms with Gasteiger partial charge in [0, 0.05) is 0 Å². The third-order valence-corrected chi connectivity index (χ3v) is 10.1. The number of hydrogen-bond acceptors (Lipinski definition) is 4. The zero-order valence-corrected chi connectivity index (χ0v) is 35.0. The van der Waals surface area contributed by atoms with E-state index >= 15 is 0 Å². The van der Waals surface area contributed by atoms with Gasteiger partial charge in [-0.15, -0.1) is 0 Å². The van der Waals surface area contributed by atoms with E-state index in [0.717, 1.165) is 25.7 Å². The van der Waals surface area contributed by atoms with Crippen LogP contribution in [0.4, 0.5) is 0 Å². The molecule has 0 N–H and O–H groups in total. The minimum absolute atomic E-state index is 0. The minimum Gasteiger partial charge on any atom is -0.726 e. The van der Waals surface area contributed by atoms with Gasteiger partial charge < -0.3 is 4.55 Å². The molecule has 6 heteroatoms. The first-order valence-electron chi connectivity index (χ1n) is 20.1. The van der Waals surface area contributed by atoms with Crippen molar-refractivity contribution < 1.29 is 68.5 Å². The summed E-state index contributed by atoms with van der Waals surface area (Å²) in [5.74, 6) is 0.196. The van der Waals surface area contributed by atoms with Gasteiger partial charge in [-0.3, -0.25) is 4.18 Å². The van der Waals surface area contributed by atoms with Crippen molar-refractivity contribution >= 4 is 10.4 Å². The predicted molar refractivity (Wildman–Crippen MR) is 192 cm³/mol. The number of unbranched alkanes of at least 4 members (excludes halogenated alkanes) is 31. The molecule has 0 spiro atoms. The molecule has 0 aliphatic heterocycles. The fraction of sp³-hybridized carbons (Fsp3) is 1.00. The number of hydrogen-bond donors (Lipinski definition) is 0. The van der Waals surface area contributed by atoms with Crippen molar-refractivity contribution in [3.8, 4) is 0 Å². The molecule has 0 aromatic rings. The van der Waals surface area contributed by atoms with Crippen molar-refractivity contribution in [2.75, 3.05) is 6.61 Å². The van der Waals surface area contributed by atoms with E-state index in [9.17, 15) is 13.0 Å². The van der Waals surface area contributed by atoms with Gasteiger partial charge in [0.1, 0.15) is 0 Å². The van der Waals surface area contributed by atoms with Crippen LogP contribution in [0.5, 0.6) is 0 Å². The molecule has 1 atom stereocenters. The second-order valence-corrected chi connectivity index (χ2v) is 15.1. The van der Waals surface area contributed by atoms with Crippen LogP contribution >= 0.6 is 0 Å². The summed E-state index contributed by atoms with van der Waals surface area (Å²) < 4.78 is 37.7. The molecule has 0 heterocycles. The molecule has 0 saturated heterocycles. The topological polar surface area (TPSA) is 66.4 Å². The molecule has 45 heavy (non-hydrogen) atoms. The fourth-order valence-electron chi connectivity index (χ4n) is 6.63. The summed E-state index contributed by atoms with van der Waals surface area (Å²) in [7, 11) is -4.59. The Morgan fingerprint density at radius 1 is 0.400 bits per heavy atom. The van der Waals surface area contributed by atoms with E-state index in [2.05, 4.69) is 18.0 Å². The Hall–Kier alpha value is 1.51. The quantitative estimate of drug-likeness (QED) is 0.0281. The van der Waals surface area contributed by atoms with Crippen molar-refractivity contribution in [1.82, 2.24) is 0 Å². The third kappa shape index (κ3) is 43.5. The molecule has 0 bridgehead atoms. The predicted octanol–water partition coefficient (Wildman–Crippen LogP) is 10.8. The van der Waals surface area contributed by atoms with Gasteiger partial charge in [0.25, 0.3) is 0 Å². The summed E-state index contributed by atoms with van der Waals surface area (Å²) in [5.41, 5.74) is 0. The van der Waals surface area contributed by atoms with Gasteiger partial charge in [0.05, 0.1) is 6.61 Å². The maximum atomic E-state index is 11.0. The first kappa shape index (κ1) is 48.6. The van der Waals surface area contributed by atoms with Crippen LogP contribution in [-0.4, -0.2) is 19.6 Å². The van der Waals surface area contributed by atoms with Crippen molar-refractivity contribution in [2.45, 2.75) is 239 Å². The molecule has 1 unspecified atom stereocenters. The summed E-state index contributed by atoms with van der Waals surface area (Å²) in [4.78, 5) is 0. The van der Waals surface area contributed by atoms with Gasteiger partial charge in [-0.25, -0.2) is 8.42 Å². The van der Waals surface area contributed by atoms with Crippen molar-refractivity contribution in [1.29, 1.82) is 0 Å². The summed E-state index contributed by atoms with van der Waals surface area (Å²) >= 11 is 0. The van der Waals surface area contributed by atoms with E-state index in [-0.39, 0.29) is 63.9 Å². The first-order chi connectivity index (χ1) is 21.5. The fourth-order valence-corrected chi connectivity index (χ4v) is 6.99. The van der Waals surface area contributed by atoms with Gasteiger partial charge in [-0.2, -0.15) is 0 Å². The van der Waals surface area contributed by atoms with Crippen LogP contribution in [0.1, 0.15) is 239 Å². The average Bonchev–Trinajstić information content (AvgIpc) is 3.00. The molecule has 4 nitrogen and oxygen atoms in total. The Kier molecular flexibility index (Phi) is 43.2. The maximum absolute atomic E-state index is 11.0. The van der Waals surface area contributed by atoms with Crippen LogP contribution in [0.2, 0.25) is 0 Å². The SMILES string of the molecule is CCCCCCCCCCCCCCCCCCCC(CCCCCCCCCCCCCCCCCC)COS(=O)(=O)[O-].[K+]. The van der Waals surface area contributed by atoms with Crippen molar-refractivity contribution in [3.05, 3.63) is 0 Å². The molecule has 0 aromatic heterocycles. The molecule has 0 fully saturated rings. The monoisotopic (exact) mass is 683 g/mol. The van der Waals surface area contributed by atoms with Crippen LogP contribution in [0.25, 0.3) is 0 Å². The zero-order valence-electron chi connectivity index (χ0n) is 31.1. The first-order valence-corrected chi connectivity index (χ1v) is 21.4.